The first-order valence-electron chi connectivity index (χ1n) is 6.62. The van der Waals surface area contributed by atoms with Crippen molar-refractivity contribution in [1.29, 1.82) is 0 Å². The first kappa shape index (κ1) is 14.3. The van der Waals surface area contributed by atoms with Gasteiger partial charge in [0.05, 0.1) is 6.54 Å². The molecule has 2 N–H and O–H groups in total. The maximum absolute atomic E-state index is 12.3. The van der Waals surface area contributed by atoms with Crippen LogP contribution in [0.3, 0.4) is 0 Å². The van der Waals surface area contributed by atoms with Crippen LogP contribution < -0.4 is 5.32 Å². The van der Waals surface area contributed by atoms with Gasteiger partial charge in [-0.1, -0.05) is 6.07 Å². The molecule has 20 heavy (non-hydrogen) atoms. The van der Waals surface area contributed by atoms with E-state index in [0.717, 1.165) is 0 Å². The van der Waals surface area contributed by atoms with Crippen LogP contribution in [-0.4, -0.2) is 66.5 Å². The standard InChI is InChI=1S/C14H19N3O3/c1-15-10-13(19)16-5-7-17(8-6-16)14(20)11-3-2-4-12(18)9-11/h2-4,9,15,18H,5-8,10H2,1H3. The van der Waals surface area contributed by atoms with Crippen molar-refractivity contribution in [2.75, 3.05) is 39.8 Å². The number of nitrogens with zero attached hydrogens (tertiary/aromatic N) is 2. The van der Waals surface area contributed by atoms with Crippen molar-refractivity contribution in [3.63, 3.8) is 0 Å². The molecule has 0 saturated carbocycles. The summed E-state index contributed by atoms with van der Waals surface area (Å²) in [5.41, 5.74) is 0.472. The number of hydrogen-bond donors (Lipinski definition) is 2. The molecule has 0 bridgehead atoms. The Balaban J connectivity index is 1.93. The lowest BCUT2D eigenvalue weighted by Gasteiger charge is -2.34. The summed E-state index contributed by atoms with van der Waals surface area (Å²) in [4.78, 5) is 27.4. The highest BCUT2D eigenvalue weighted by Gasteiger charge is 2.24. The van der Waals surface area contributed by atoms with Crippen LogP contribution >= 0.6 is 0 Å². The minimum atomic E-state index is -0.110. The molecule has 1 aromatic carbocycles. The summed E-state index contributed by atoms with van der Waals surface area (Å²) in [5, 5.41) is 12.2. The molecule has 1 fully saturated rings. The molecule has 0 radical (unpaired) electrons. The van der Waals surface area contributed by atoms with Crippen molar-refractivity contribution in [3.05, 3.63) is 29.8 Å². The Morgan fingerprint density at radius 1 is 1.20 bits per heavy atom. The van der Waals surface area contributed by atoms with Crippen LogP contribution in [0.1, 0.15) is 10.4 Å². The first-order valence-corrected chi connectivity index (χ1v) is 6.62. The molecule has 0 aromatic heterocycles. The molecule has 6 heteroatoms. The molecule has 1 aliphatic rings. The number of carbonyl (C=O) groups is 2. The van der Waals surface area contributed by atoms with Crippen LogP contribution in [0, 0.1) is 0 Å². The van der Waals surface area contributed by atoms with Crippen molar-refractivity contribution >= 4 is 11.8 Å². The molecule has 1 aliphatic heterocycles. The summed E-state index contributed by atoms with van der Waals surface area (Å²) in [7, 11) is 1.74. The lowest BCUT2D eigenvalue weighted by Crippen LogP contribution is -2.52. The third-order valence-corrected chi connectivity index (χ3v) is 3.34. The fourth-order valence-corrected chi connectivity index (χ4v) is 2.24. The van der Waals surface area contributed by atoms with E-state index >= 15 is 0 Å². The van der Waals surface area contributed by atoms with Gasteiger partial charge in [0, 0.05) is 31.7 Å². The van der Waals surface area contributed by atoms with E-state index < -0.39 is 0 Å². The van der Waals surface area contributed by atoms with Crippen molar-refractivity contribution in [1.82, 2.24) is 15.1 Å². The van der Waals surface area contributed by atoms with E-state index in [0.29, 0.717) is 38.3 Å². The molecule has 0 aliphatic carbocycles. The number of nitrogens with one attached hydrogen (secondary N) is 1. The van der Waals surface area contributed by atoms with E-state index in [1.165, 1.54) is 12.1 Å². The number of aromatic hydroxyl groups is 1. The lowest BCUT2D eigenvalue weighted by molar-refractivity contribution is -0.131. The monoisotopic (exact) mass is 277 g/mol. The van der Waals surface area contributed by atoms with Crippen molar-refractivity contribution in [3.8, 4) is 5.75 Å². The van der Waals surface area contributed by atoms with Gasteiger partial charge in [0.1, 0.15) is 5.75 Å². The average Bonchev–Trinajstić information content (AvgIpc) is 2.47. The van der Waals surface area contributed by atoms with Gasteiger partial charge in [0.2, 0.25) is 5.91 Å². The highest BCUT2D eigenvalue weighted by molar-refractivity contribution is 5.94. The minimum Gasteiger partial charge on any atom is -0.508 e. The molecule has 0 spiro atoms. The predicted molar refractivity (Wildman–Crippen MR) is 74.5 cm³/mol. The second kappa shape index (κ2) is 6.38. The maximum Gasteiger partial charge on any atom is 0.254 e. The number of benzene rings is 1. The summed E-state index contributed by atoms with van der Waals surface area (Å²) in [6.07, 6.45) is 0. The molecular formula is C14H19N3O3. The van der Waals surface area contributed by atoms with E-state index in [4.69, 9.17) is 0 Å². The number of phenolic OH excluding ortho intramolecular Hbond substituents is 1. The van der Waals surface area contributed by atoms with Crippen LogP contribution in [0.15, 0.2) is 24.3 Å². The van der Waals surface area contributed by atoms with E-state index in [-0.39, 0.29) is 17.6 Å². The second-order valence-corrected chi connectivity index (χ2v) is 4.75. The summed E-state index contributed by atoms with van der Waals surface area (Å²) < 4.78 is 0. The predicted octanol–water partition coefficient (Wildman–Crippen LogP) is -0.104. The van der Waals surface area contributed by atoms with E-state index in [1.54, 1.807) is 29.0 Å². The summed E-state index contributed by atoms with van der Waals surface area (Å²) in [5.74, 6) is 0.0252. The van der Waals surface area contributed by atoms with Gasteiger partial charge in [-0.2, -0.15) is 0 Å². The Morgan fingerprint density at radius 2 is 1.85 bits per heavy atom. The molecule has 1 heterocycles. The summed E-state index contributed by atoms with van der Waals surface area (Å²) in [6.45, 7) is 2.45. The summed E-state index contributed by atoms with van der Waals surface area (Å²) in [6, 6.07) is 6.32. The third-order valence-electron chi connectivity index (χ3n) is 3.34. The number of piperazine rings is 1. The number of hydrogen-bond acceptors (Lipinski definition) is 4. The SMILES string of the molecule is CNCC(=O)N1CCN(C(=O)c2cccc(O)c2)CC1. The number of carbonyl (C=O) groups excluding carboxylic acids is 2. The zero-order valence-corrected chi connectivity index (χ0v) is 11.5. The number of rotatable bonds is 3. The van der Waals surface area contributed by atoms with E-state index in [9.17, 15) is 14.7 Å². The van der Waals surface area contributed by atoms with Gasteiger partial charge in [0.15, 0.2) is 0 Å². The first-order chi connectivity index (χ1) is 9.61. The van der Waals surface area contributed by atoms with Gasteiger partial charge in [-0.25, -0.2) is 0 Å². The maximum atomic E-state index is 12.3. The zero-order chi connectivity index (χ0) is 14.5. The Bertz CT molecular complexity index is 496. The fraction of sp³-hybridized carbons (Fsp3) is 0.429. The lowest BCUT2D eigenvalue weighted by atomic mass is 10.1. The van der Waals surface area contributed by atoms with Crippen LogP contribution in [0.2, 0.25) is 0 Å². The molecule has 108 valence electrons. The van der Waals surface area contributed by atoms with E-state index in [2.05, 4.69) is 5.32 Å². The Hall–Kier alpha value is -2.08. The van der Waals surface area contributed by atoms with Gasteiger partial charge in [-0.05, 0) is 25.2 Å². The van der Waals surface area contributed by atoms with Crippen molar-refractivity contribution < 1.29 is 14.7 Å². The number of phenols is 1. The molecule has 1 aromatic rings. The molecule has 1 saturated heterocycles. The molecule has 6 nitrogen and oxygen atoms in total. The zero-order valence-electron chi connectivity index (χ0n) is 11.5. The molecular weight excluding hydrogens is 258 g/mol. The van der Waals surface area contributed by atoms with Gasteiger partial charge in [-0.15, -0.1) is 0 Å². The number of likely N-dealkylation sites (N-methyl/N-ethyl adjacent to an activating group) is 1. The van der Waals surface area contributed by atoms with Crippen molar-refractivity contribution in [2.24, 2.45) is 0 Å². The van der Waals surface area contributed by atoms with Gasteiger partial charge in [0.25, 0.3) is 5.91 Å². The highest BCUT2D eigenvalue weighted by Crippen LogP contribution is 2.14. The smallest absolute Gasteiger partial charge is 0.254 e. The van der Waals surface area contributed by atoms with Crippen LogP contribution in [0.5, 0.6) is 5.75 Å². The molecule has 0 unspecified atom stereocenters. The number of amides is 2. The average molecular weight is 277 g/mol. The van der Waals surface area contributed by atoms with Crippen molar-refractivity contribution in [2.45, 2.75) is 0 Å². The van der Waals surface area contributed by atoms with Gasteiger partial charge in [-0.3, -0.25) is 9.59 Å². The largest absolute Gasteiger partial charge is 0.508 e. The minimum absolute atomic E-state index is 0.0527. The van der Waals surface area contributed by atoms with Gasteiger partial charge < -0.3 is 20.2 Å². The molecule has 0 atom stereocenters. The topological polar surface area (TPSA) is 72.9 Å². The second-order valence-electron chi connectivity index (χ2n) is 4.75. The molecule has 2 amide bonds. The molecule has 2 rings (SSSR count). The fourth-order valence-electron chi connectivity index (χ4n) is 2.24. The van der Waals surface area contributed by atoms with Crippen LogP contribution in [-0.2, 0) is 4.79 Å². The Labute approximate surface area is 118 Å². The highest BCUT2D eigenvalue weighted by atomic mass is 16.3. The third kappa shape index (κ3) is 3.27. The Morgan fingerprint density at radius 3 is 2.45 bits per heavy atom. The van der Waals surface area contributed by atoms with E-state index in [1.807, 2.05) is 0 Å². The van der Waals surface area contributed by atoms with Gasteiger partial charge >= 0.3 is 0 Å². The normalized spacial score (nSPS) is 15.2. The van der Waals surface area contributed by atoms with Crippen LogP contribution in [0.25, 0.3) is 0 Å². The van der Waals surface area contributed by atoms with Crippen LogP contribution in [0.4, 0.5) is 0 Å². The summed E-state index contributed by atoms with van der Waals surface area (Å²) >= 11 is 0. The quantitative estimate of drug-likeness (QED) is 0.809. The Kier molecular flexibility index (Phi) is 4.57.